The maximum atomic E-state index is 10.6. The molecule has 5 nitrogen and oxygen atoms in total. The van der Waals surface area contributed by atoms with Crippen molar-refractivity contribution in [2.45, 2.75) is 20.8 Å². The third-order valence-electron chi connectivity index (χ3n) is 1.06. The van der Waals surface area contributed by atoms with Crippen LogP contribution in [0.4, 0.5) is 0 Å². The zero-order chi connectivity index (χ0) is 10.4. The Hall–Kier alpha value is -1.65. The second-order valence-corrected chi connectivity index (χ2v) is 2.78. The Morgan fingerprint density at radius 2 is 1.85 bits per heavy atom. The maximum Gasteiger partial charge on any atom is 0.329 e. The van der Waals surface area contributed by atoms with Crippen molar-refractivity contribution in [2.75, 3.05) is 0 Å². The number of nitrogens with one attached hydrogen (secondary N) is 1. The van der Waals surface area contributed by atoms with Gasteiger partial charge in [0.1, 0.15) is 0 Å². The van der Waals surface area contributed by atoms with Crippen LogP contribution < -0.4 is 11.2 Å². The number of rotatable bonds is 2. The summed E-state index contributed by atoms with van der Waals surface area (Å²) in [7, 11) is 0. The van der Waals surface area contributed by atoms with Gasteiger partial charge in [-0.15, -0.1) is 0 Å². The number of hydrazone groups is 1. The summed E-state index contributed by atoms with van der Waals surface area (Å²) in [6.07, 6.45) is 1.77. The van der Waals surface area contributed by atoms with Crippen molar-refractivity contribution in [3.05, 3.63) is 11.6 Å². The molecule has 0 saturated carbocycles. The van der Waals surface area contributed by atoms with E-state index in [-0.39, 0.29) is 0 Å². The van der Waals surface area contributed by atoms with Crippen LogP contribution in [0.15, 0.2) is 16.8 Å². The molecule has 3 N–H and O–H groups in total. The Kier molecular flexibility index (Phi) is 4.43. The lowest BCUT2D eigenvalue weighted by Crippen LogP contribution is -2.33. The van der Waals surface area contributed by atoms with Gasteiger partial charge in [0.2, 0.25) is 0 Å². The third kappa shape index (κ3) is 5.60. The van der Waals surface area contributed by atoms with Gasteiger partial charge >= 0.3 is 11.8 Å². The van der Waals surface area contributed by atoms with E-state index in [0.717, 1.165) is 5.57 Å². The normalized spacial score (nSPS) is 10.5. The predicted octanol–water partition coefficient (Wildman–Crippen LogP) is -0.0700. The van der Waals surface area contributed by atoms with Crippen LogP contribution in [0.25, 0.3) is 0 Å². The minimum atomic E-state index is -1.05. The molecule has 0 aromatic heterocycles. The molecule has 13 heavy (non-hydrogen) atoms. The van der Waals surface area contributed by atoms with E-state index < -0.39 is 11.8 Å². The summed E-state index contributed by atoms with van der Waals surface area (Å²) in [6.45, 7) is 5.50. The van der Waals surface area contributed by atoms with E-state index in [1.54, 1.807) is 13.0 Å². The summed E-state index contributed by atoms with van der Waals surface area (Å²) < 4.78 is 0. The highest BCUT2D eigenvalue weighted by molar-refractivity contribution is 6.34. The van der Waals surface area contributed by atoms with Crippen LogP contribution in [-0.4, -0.2) is 17.5 Å². The van der Waals surface area contributed by atoms with Crippen LogP contribution in [0.1, 0.15) is 20.8 Å². The highest BCUT2D eigenvalue weighted by Gasteiger charge is 2.05. The topological polar surface area (TPSA) is 84.6 Å². The summed E-state index contributed by atoms with van der Waals surface area (Å²) in [5.74, 6) is -1.96. The summed E-state index contributed by atoms with van der Waals surface area (Å²) in [6, 6.07) is 0. The van der Waals surface area contributed by atoms with Gasteiger partial charge in [0.15, 0.2) is 0 Å². The zero-order valence-corrected chi connectivity index (χ0v) is 7.92. The van der Waals surface area contributed by atoms with Crippen molar-refractivity contribution in [1.29, 1.82) is 0 Å². The van der Waals surface area contributed by atoms with E-state index in [4.69, 9.17) is 0 Å². The lowest BCUT2D eigenvalue weighted by molar-refractivity contribution is -0.137. The second-order valence-electron chi connectivity index (χ2n) is 2.78. The quantitative estimate of drug-likeness (QED) is 0.357. The number of allylic oxidation sites excluding steroid dienone is 2. The Morgan fingerprint density at radius 3 is 2.23 bits per heavy atom. The predicted molar refractivity (Wildman–Crippen MR) is 49.9 cm³/mol. The van der Waals surface area contributed by atoms with Gasteiger partial charge in [-0.3, -0.25) is 9.59 Å². The molecule has 0 unspecified atom stereocenters. The molecule has 5 heteroatoms. The van der Waals surface area contributed by atoms with Crippen molar-refractivity contribution in [3.8, 4) is 0 Å². The Morgan fingerprint density at radius 1 is 1.31 bits per heavy atom. The van der Waals surface area contributed by atoms with E-state index in [2.05, 4.69) is 10.8 Å². The molecular weight excluding hydrogens is 170 g/mol. The number of primary amides is 1. The Bertz CT molecular complexity index is 275. The molecule has 0 saturated heterocycles. The number of carbonyl (C=O) groups excluding carboxylic acids is 2. The van der Waals surface area contributed by atoms with Gasteiger partial charge in [-0.1, -0.05) is 5.57 Å². The van der Waals surface area contributed by atoms with Crippen LogP contribution >= 0.6 is 0 Å². The van der Waals surface area contributed by atoms with E-state index in [9.17, 15) is 9.59 Å². The SMILES string of the molecule is CC(C)=C/C(C)=N/NC(=O)C(N)=O. The summed E-state index contributed by atoms with van der Waals surface area (Å²) in [4.78, 5) is 20.9. The highest BCUT2D eigenvalue weighted by Crippen LogP contribution is 1.89. The molecule has 0 rings (SSSR count). The molecular formula is C8H13N3O2. The number of nitrogens with zero attached hydrogens (tertiary/aromatic N) is 1. The average molecular weight is 183 g/mol. The molecule has 0 spiro atoms. The highest BCUT2D eigenvalue weighted by atomic mass is 16.2. The van der Waals surface area contributed by atoms with Gasteiger partial charge in [0.25, 0.3) is 0 Å². The summed E-state index contributed by atoms with van der Waals surface area (Å²) >= 11 is 0. The minimum Gasteiger partial charge on any atom is -0.361 e. The van der Waals surface area contributed by atoms with Crippen LogP contribution in [0, 0.1) is 0 Å². The molecule has 2 amide bonds. The first-order valence-corrected chi connectivity index (χ1v) is 3.72. The largest absolute Gasteiger partial charge is 0.361 e. The average Bonchev–Trinajstić information content (AvgIpc) is 1.98. The monoisotopic (exact) mass is 183 g/mol. The number of hydrogen-bond donors (Lipinski definition) is 2. The van der Waals surface area contributed by atoms with Crippen LogP contribution in [0.3, 0.4) is 0 Å². The van der Waals surface area contributed by atoms with Crippen molar-refractivity contribution < 1.29 is 9.59 Å². The molecule has 0 aromatic rings. The smallest absolute Gasteiger partial charge is 0.329 e. The van der Waals surface area contributed by atoms with E-state index in [1.165, 1.54) is 0 Å². The molecule has 0 aromatic carbocycles. The molecule has 0 radical (unpaired) electrons. The van der Waals surface area contributed by atoms with E-state index in [0.29, 0.717) is 5.71 Å². The lowest BCUT2D eigenvalue weighted by atomic mass is 10.3. The fraction of sp³-hybridized carbons (Fsp3) is 0.375. The third-order valence-corrected chi connectivity index (χ3v) is 1.06. The Balaban J connectivity index is 4.20. The van der Waals surface area contributed by atoms with E-state index >= 15 is 0 Å². The first-order valence-electron chi connectivity index (χ1n) is 3.72. The minimum absolute atomic E-state index is 0.606. The standard InChI is InChI=1S/C8H13N3O2/c1-5(2)4-6(3)10-11-8(13)7(9)12/h4H,1-3H3,(H2,9,12)(H,11,13)/b10-6+. The second kappa shape index (κ2) is 5.08. The van der Waals surface area contributed by atoms with Crippen LogP contribution in [0.5, 0.6) is 0 Å². The number of hydrogen-bond acceptors (Lipinski definition) is 3. The number of nitrogens with two attached hydrogens (primary N) is 1. The maximum absolute atomic E-state index is 10.6. The van der Waals surface area contributed by atoms with Crippen LogP contribution in [-0.2, 0) is 9.59 Å². The van der Waals surface area contributed by atoms with Crippen molar-refractivity contribution in [1.82, 2.24) is 5.43 Å². The van der Waals surface area contributed by atoms with Crippen LogP contribution in [0.2, 0.25) is 0 Å². The molecule has 0 aliphatic carbocycles. The van der Waals surface area contributed by atoms with E-state index in [1.807, 2.05) is 19.3 Å². The van der Waals surface area contributed by atoms with Crippen molar-refractivity contribution in [3.63, 3.8) is 0 Å². The molecule has 72 valence electrons. The van der Waals surface area contributed by atoms with Crippen molar-refractivity contribution in [2.24, 2.45) is 10.8 Å². The summed E-state index contributed by atoms with van der Waals surface area (Å²) in [5.41, 5.74) is 8.36. The molecule has 0 atom stereocenters. The molecule has 0 heterocycles. The zero-order valence-electron chi connectivity index (χ0n) is 7.92. The van der Waals surface area contributed by atoms with Gasteiger partial charge in [-0.2, -0.15) is 5.10 Å². The van der Waals surface area contributed by atoms with Gasteiger partial charge < -0.3 is 5.73 Å². The first-order chi connectivity index (χ1) is 5.93. The van der Waals surface area contributed by atoms with Crippen molar-refractivity contribution >= 4 is 17.5 Å². The number of amides is 2. The molecule has 0 aliphatic heterocycles. The molecule has 0 aliphatic rings. The molecule has 0 bridgehead atoms. The lowest BCUT2D eigenvalue weighted by Gasteiger charge is -1.95. The summed E-state index contributed by atoms with van der Waals surface area (Å²) in [5, 5.41) is 3.63. The number of carbonyl (C=O) groups is 2. The molecule has 0 fully saturated rings. The van der Waals surface area contributed by atoms with Gasteiger partial charge in [0, 0.05) is 0 Å². The van der Waals surface area contributed by atoms with Gasteiger partial charge in [0.05, 0.1) is 5.71 Å². The fourth-order valence-electron chi connectivity index (χ4n) is 0.644. The fourth-order valence-corrected chi connectivity index (χ4v) is 0.644. The van der Waals surface area contributed by atoms with Gasteiger partial charge in [-0.05, 0) is 26.8 Å². The Labute approximate surface area is 76.7 Å². The first kappa shape index (κ1) is 11.4. The van der Waals surface area contributed by atoms with Gasteiger partial charge in [-0.25, -0.2) is 5.43 Å².